The molecule has 1 aromatic heterocycles. The average molecular weight is 494 g/mol. The third-order valence-electron chi connectivity index (χ3n) is 5.48. The molecule has 1 aliphatic heterocycles. The first-order valence-corrected chi connectivity index (χ1v) is 12.3. The molecule has 1 atom stereocenters. The third-order valence-corrected chi connectivity index (χ3v) is 6.35. The Morgan fingerprint density at radius 3 is 2.26 bits per heavy atom. The second-order valence-electron chi connectivity index (χ2n) is 9.55. The maximum atomic E-state index is 13.7. The Hall–Kier alpha value is -2.72. The number of hydrogen-bond donors (Lipinski definition) is 1. The van der Waals surface area contributed by atoms with E-state index in [-0.39, 0.29) is 6.10 Å². The van der Waals surface area contributed by atoms with Crippen LogP contribution in [-0.2, 0) is 21.5 Å². The smallest absolute Gasteiger partial charge is 0.410 e. The lowest BCUT2D eigenvalue weighted by Crippen LogP contribution is -2.55. The van der Waals surface area contributed by atoms with Gasteiger partial charge in [0.2, 0.25) is 5.88 Å². The highest BCUT2D eigenvalue weighted by Crippen LogP contribution is 2.43. The highest BCUT2D eigenvalue weighted by atomic mass is 32.2. The van der Waals surface area contributed by atoms with Crippen LogP contribution in [0.4, 0.5) is 14.9 Å². The summed E-state index contributed by atoms with van der Waals surface area (Å²) in [4.78, 5) is 18.5. The van der Waals surface area contributed by atoms with E-state index in [0.29, 0.717) is 43.1 Å². The van der Waals surface area contributed by atoms with Gasteiger partial charge in [-0.1, -0.05) is 12.1 Å². The molecular weight excluding hydrogens is 461 g/mol. The predicted molar refractivity (Wildman–Crippen MR) is 128 cm³/mol. The Balaban J connectivity index is 1.97. The zero-order chi connectivity index (χ0) is 25.1. The fourth-order valence-electron chi connectivity index (χ4n) is 4.05. The fraction of sp³-hybridized carbons (Fsp3) is 0.500. The van der Waals surface area contributed by atoms with Gasteiger partial charge in [-0.25, -0.2) is 18.4 Å². The van der Waals surface area contributed by atoms with Crippen LogP contribution >= 0.6 is 0 Å². The van der Waals surface area contributed by atoms with Gasteiger partial charge in [-0.05, 0) is 71.2 Å². The molecule has 3 rings (SSSR count). The van der Waals surface area contributed by atoms with Crippen LogP contribution in [0.25, 0.3) is 0 Å². The van der Waals surface area contributed by atoms with E-state index in [2.05, 4.69) is 4.98 Å². The molecule has 1 unspecified atom stereocenters. The summed E-state index contributed by atoms with van der Waals surface area (Å²) < 4.78 is 49.3. The molecule has 1 fully saturated rings. The largest absolute Gasteiger partial charge is 0.475 e. The predicted octanol–water partition coefficient (Wildman–Crippen LogP) is 4.88. The summed E-state index contributed by atoms with van der Waals surface area (Å²) in [6, 6.07) is 9.19. The molecule has 10 heteroatoms. The van der Waals surface area contributed by atoms with Crippen LogP contribution in [-0.4, -0.2) is 49.5 Å². The Kier molecular flexibility index (Phi) is 7.82. The van der Waals surface area contributed by atoms with Crippen molar-refractivity contribution in [3.8, 4) is 5.88 Å². The number of likely N-dealkylation sites (tertiary alicyclic amines) is 1. The summed E-state index contributed by atoms with van der Waals surface area (Å²) in [5.41, 5.74) is -0.532. The molecule has 186 valence electrons. The number of benzene rings is 1. The van der Waals surface area contributed by atoms with Gasteiger partial charge in [0.05, 0.1) is 23.5 Å². The highest BCUT2D eigenvalue weighted by molar-refractivity contribution is 7.80. The molecule has 0 radical (unpaired) electrons. The number of piperidine rings is 1. The van der Waals surface area contributed by atoms with Gasteiger partial charge in [-0.15, -0.1) is 0 Å². The average Bonchev–Trinajstić information content (AvgIpc) is 2.74. The molecule has 2 aromatic rings. The number of amides is 1. The minimum absolute atomic E-state index is 0.0656. The lowest BCUT2D eigenvalue weighted by atomic mass is 9.80. The molecule has 1 aromatic carbocycles. The zero-order valence-corrected chi connectivity index (χ0v) is 21.0. The molecule has 0 bridgehead atoms. The van der Waals surface area contributed by atoms with E-state index < -0.39 is 34.3 Å². The number of anilines is 1. The van der Waals surface area contributed by atoms with Gasteiger partial charge < -0.3 is 14.4 Å². The van der Waals surface area contributed by atoms with Crippen LogP contribution in [0.3, 0.4) is 0 Å². The normalized spacial score (nSPS) is 16.8. The van der Waals surface area contributed by atoms with E-state index in [4.69, 9.17) is 9.47 Å². The van der Waals surface area contributed by atoms with Crippen molar-refractivity contribution in [1.82, 2.24) is 9.88 Å². The van der Waals surface area contributed by atoms with Gasteiger partial charge >= 0.3 is 6.09 Å². The summed E-state index contributed by atoms with van der Waals surface area (Å²) in [5.74, 6) is -0.00313. The highest BCUT2D eigenvalue weighted by Gasteiger charge is 2.46. The Morgan fingerprint density at radius 1 is 1.18 bits per heavy atom. The molecule has 1 saturated heterocycles. The summed E-state index contributed by atoms with van der Waals surface area (Å²) in [6.07, 6.45) is 1.64. The van der Waals surface area contributed by atoms with Gasteiger partial charge in [-0.3, -0.25) is 8.86 Å². The van der Waals surface area contributed by atoms with Crippen molar-refractivity contribution in [2.45, 2.75) is 64.7 Å². The number of nitrogens with zero attached hydrogens (tertiary/aromatic N) is 3. The van der Waals surface area contributed by atoms with Crippen molar-refractivity contribution in [2.24, 2.45) is 0 Å². The van der Waals surface area contributed by atoms with Crippen LogP contribution in [0.15, 0.2) is 42.6 Å². The molecule has 1 aliphatic rings. The standard InChI is InChI=1S/C24H32FN3O5S/c1-17(2)32-21-11-10-20(16-26-21)28(34(30)31)24(18-6-8-19(25)9-7-18)12-14-27(15-13-24)22(29)33-23(3,4)5/h6-11,16-17H,12-15H2,1-5H3,(H,30,31). The summed E-state index contributed by atoms with van der Waals surface area (Å²) in [7, 11) is 0. The quantitative estimate of drug-likeness (QED) is 0.577. The molecule has 2 heterocycles. The fourth-order valence-corrected chi connectivity index (χ4v) is 4.92. The molecule has 0 aliphatic carbocycles. The van der Waals surface area contributed by atoms with Crippen molar-refractivity contribution >= 4 is 23.0 Å². The lowest BCUT2D eigenvalue weighted by Gasteiger charge is -2.48. The molecule has 1 amide bonds. The van der Waals surface area contributed by atoms with E-state index in [1.54, 1.807) is 49.9 Å². The maximum absolute atomic E-state index is 13.7. The van der Waals surface area contributed by atoms with Gasteiger partial charge in [0.15, 0.2) is 0 Å². The second kappa shape index (κ2) is 10.3. The number of halogens is 1. The number of pyridine rings is 1. The van der Waals surface area contributed by atoms with E-state index in [1.165, 1.54) is 22.6 Å². The molecule has 8 nitrogen and oxygen atoms in total. The number of hydrogen-bond acceptors (Lipinski definition) is 5. The van der Waals surface area contributed by atoms with Crippen molar-refractivity contribution in [3.63, 3.8) is 0 Å². The monoisotopic (exact) mass is 493 g/mol. The van der Waals surface area contributed by atoms with Crippen LogP contribution in [0, 0.1) is 5.82 Å². The molecule has 1 N–H and O–H groups in total. The van der Waals surface area contributed by atoms with Crippen LogP contribution in [0.5, 0.6) is 5.88 Å². The number of carbonyl (C=O) groups excluding carboxylic acids is 1. The Morgan fingerprint density at radius 2 is 1.79 bits per heavy atom. The number of ether oxygens (including phenoxy) is 2. The lowest BCUT2D eigenvalue weighted by molar-refractivity contribution is 0.0168. The maximum Gasteiger partial charge on any atom is 0.410 e. The van der Waals surface area contributed by atoms with Gasteiger partial charge in [-0.2, -0.15) is 0 Å². The third kappa shape index (κ3) is 6.04. The molecule has 34 heavy (non-hydrogen) atoms. The SMILES string of the molecule is CC(C)Oc1ccc(N(S(=O)O)C2(c3ccc(F)cc3)CCN(C(=O)OC(C)(C)C)CC2)cn1. The van der Waals surface area contributed by atoms with Gasteiger partial charge in [0.1, 0.15) is 11.4 Å². The minimum Gasteiger partial charge on any atom is -0.475 e. The number of aromatic nitrogens is 1. The van der Waals surface area contributed by atoms with Crippen molar-refractivity contribution in [3.05, 3.63) is 54.0 Å². The molecule has 0 saturated carbocycles. The van der Waals surface area contributed by atoms with Crippen LogP contribution in [0.2, 0.25) is 0 Å². The summed E-state index contributed by atoms with van der Waals surface area (Å²) in [6.45, 7) is 9.75. The van der Waals surface area contributed by atoms with Crippen LogP contribution < -0.4 is 9.04 Å². The Bertz CT molecular complexity index is 1000. The van der Waals surface area contributed by atoms with E-state index >= 15 is 0 Å². The molecule has 0 spiro atoms. The number of carbonyl (C=O) groups is 1. The van der Waals surface area contributed by atoms with E-state index in [1.807, 2.05) is 13.8 Å². The summed E-state index contributed by atoms with van der Waals surface area (Å²) in [5, 5.41) is 0. The van der Waals surface area contributed by atoms with E-state index in [9.17, 15) is 17.9 Å². The van der Waals surface area contributed by atoms with Crippen molar-refractivity contribution < 1.29 is 27.4 Å². The first kappa shape index (κ1) is 25.9. The molecular formula is C24H32FN3O5S. The second-order valence-corrected chi connectivity index (χ2v) is 10.4. The van der Waals surface area contributed by atoms with Crippen LogP contribution in [0.1, 0.15) is 53.0 Å². The number of rotatable bonds is 6. The van der Waals surface area contributed by atoms with Gasteiger partial charge in [0, 0.05) is 19.2 Å². The van der Waals surface area contributed by atoms with Gasteiger partial charge in [0.25, 0.3) is 11.3 Å². The first-order valence-electron chi connectivity index (χ1n) is 11.2. The Labute approximate surface area is 202 Å². The first-order chi connectivity index (χ1) is 15.9. The topological polar surface area (TPSA) is 92.2 Å². The van der Waals surface area contributed by atoms with Crippen molar-refractivity contribution in [1.29, 1.82) is 0 Å². The van der Waals surface area contributed by atoms with E-state index in [0.717, 1.165) is 0 Å². The van der Waals surface area contributed by atoms with Crippen molar-refractivity contribution in [2.75, 3.05) is 17.4 Å². The minimum atomic E-state index is -2.43. The zero-order valence-electron chi connectivity index (χ0n) is 20.2. The summed E-state index contributed by atoms with van der Waals surface area (Å²) >= 11 is -2.43.